The second kappa shape index (κ2) is 6.16. The summed E-state index contributed by atoms with van der Waals surface area (Å²) in [6.07, 6.45) is 1.49. The minimum atomic E-state index is -0.172. The van der Waals surface area contributed by atoms with Gasteiger partial charge in [0.15, 0.2) is 0 Å². The van der Waals surface area contributed by atoms with Crippen LogP contribution >= 0.6 is 15.9 Å². The third-order valence-corrected chi connectivity index (χ3v) is 4.43. The van der Waals surface area contributed by atoms with Crippen LogP contribution in [0.5, 0.6) is 5.75 Å². The third kappa shape index (κ3) is 3.11. The molecule has 0 aliphatic carbocycles. The predicted octanol–water partition coefficient (Wildman–Crippen LogP) is 3.72. The first kappa shape index (κ1) is 14.5. The van der Waals surface area contributed by atoms with Crippen LogP contribution in [0.1, 0.15) is 11.1 Å². The zero-order chi connectivity index (χ0) is 14.8. The van der Waals surface area contributed by atoms with E-state index < -0.39 is 0 Å². The fourth-order valence-corrected chi connectivity index (χ4v) is 3.20. The Kier molecular flexibility index (Phi) is 4.27. The maximum absolute atomic E-state index is 13.9. The first-order chi connectivity index (χ1) is 10.2. The molecule has 2 nitrogen and oxygen atoms in total. The SMILES string of the molecule is CNC(Cc1cc(Br)ccc1F)C1Cc2ccccc2O1. The fourth-order valence-electron chi connectivity index (χ4n) is 2.79. The molecule has 0 amide bonds. The summed E-state index contributed by atoms with van der Waals surface area (Å²) in [6, 6.07) is 13.2. The van der Waals surface area contributed by atoms with Crippen molar-refractivity contribution in [3.63, 3.8) is 0 Å². The van der Waals surface area contributed by atoms with E-state index in [1.807, 2.05) is 31.3 Å². The molecule has 110 valence electrons. The fraction of sp³-hybridized carbons (Fsp3) is 0.294. The van der Waals surface area contributed by atoms with Gasteiger partial charge in [0.25, 0.3) is 0 Å². The van der Waals surface area contributed by atoms with Crippen LogP contribution in [0.3, 0.4) is 0 Å². The molecule has 0 saturated heterocycles. The minimum absolute atomic E-state index is 0.0331. The lowest BCUT2D eigenvalue weighted by Gasteiger charge is -2.23. The molecular weight excluding hydrogens is 333 g/mol. The molecule has 0 bridgehead atoms. The van der Waals surface area contributed by atoms with Gasteiger partial charge in [0.2, 0.25) is 0 Å². The van der Waals surface area contributed by atoms with Gasteiger partial charge in [-0.1, -0.05) is 34.1 Å². The maximum atomic E-state index is 13.9. The van der Waals surface area contributed by atoms with Crippen molar-refractivity contribution >= 4 is 15.9 Å². The van der Waals surface area contributed by atoms with Gasteiger partial charge < -0.3 is 10.1 Å². The summed E-state index contributed by atoms with van der Waals surface area (Å²) < 4.78 is 20.8. The van der Waals surface area contributed by atoms with Crippen LogP contribution in [-0.2, 0) is 12.8 Å². The zero-order valence-corrected chi connectivity index (χ0v) is 13.4. The van der Waals surface area contributed by atoms with Gasteiger partial charge in [-0.2, -0.15) is 0 Å². The van der Waals surface area contributed by atoms with Crippen LogP contribution in [0.4, 0.5) is 4.39 Å². The van der Waals surface area contributed by atoms with Gasteiger partial charge in [-0.25, -0.2) is 4.39 Å². The van der Waals surface area contributed by atoms with Crippen molar-refractivity contribution in [2.45, 2.75) is 25.0 Å². The van der Waals surface area contributed by atoms with Crippen molar-refractivity contribution in [3.05, 3.63) is 63.9 Å². The van der Waals surface area contributed by atoms with Gasteiger partial charge in [-0.05, 0) is 48.9 Å². The van der Waals surface area contributed by atoms with E-state index in [9.17, 15) is 4.39 Å². The molecule has 1 heterocycles. The van der Waals surface area contributed by atoms with Gasteiger partial charge in [-0.15, -0.1) is 0 Å². The number of ether oxygens (including phenoxy) is 1. The van der Waals surface area contributed by atoms with E-state index in [0.29, 0.717) is 12.0 Å². The number of hydrogen-bond donors (Lipinski definition) is 1. The molecule has 2 unspecified atom stereocenters. The Labute approximate surface area is 132 Å². The number of halogens is 2. The summed E-state index contributed by atoms with van der Waals surface area (Å²) in [6.45, 7) is 0. The zero-order valence-electron chi connectivity index (χ0n) is 11.8. The third-order valence-electron chi connectivity index (χ3n) is 3.94. The van der Waals surface area contributed by atoms with Gasteiger partial charge in [0.1, 0.15) is 17.7 Å². The highest BCUT2D eigenvalue weighted by atomic mass is 79.9. The second-order valence-electron chi connectivity index (χ2n) is 5.30. The van der Waals surface area contributed by atoms with Crippen molar-refractivity contribution < 1.29 is 9.13 Å². The van der Waals surface area contributed by atoms with Crippen LogP contribution in [-0.4, -0.2) is 19.2 Å². The molecular formula is C17H17BrFNO. The molecule has 0 saturated carbocycles. The standard InChI is InChI=1S/C17H17BrFNO/c1-20-15(9-12-8-13(18)6-7-14(12)19)17-10-11-4-2-3-5-16(11)21-17/h2-8,15,17,20H,9-10H2,1H3. The van der Waals surface area contributed by atoms with E-state index in [2.05, 4.69) is 27.3 Å². The Morgan fingerprint density at radius 2 is 2.14 bits per heavy atom. The topological polar surface area (TPSA) is 21.3 Å². The maximum Gasteiger partial charge on any atom is 0.126 e. The number of likely N-dealkylation sites (N-methyl/N-ethyl adjacent to an activating group) is 1. The molecule has 4 heteroatoms. The van der Waals surface area contributed by atoms with Gasteiger partial charge in [-0.3, -0.25) is 0 Å². The Morgan fingerprint density at radius 1 is 1.33 bits per heavy atom. The first-order valence-electron chi connectivity index (χ1n) is 7.03. The summed E-state index contributed by atoms with van der Waals surface area (Å²) in [5.74, 6) is 0.770. The molecule has 1 aliphatic heterocycles. The molecule has 2 aromatic rings. The summed E-state index contributed by atoms with van der Waals surface area (Å²) >= 11 is 3.40. The van der Waals surface area contributed by atoms with Crippen LogP contribution in [0.15, 0.2) is 46.9 Å². The van der Waals surface area contributed by atoms with E-state index in [1.54, 1.807) is 6.07 Å². The highest BCUT2D eigenvalue weighted by Crippen LogP contribution is 2.30. The van der Waals surface area contributed by atoms with Crippen molar-refractivity contribution in [2.75, 3.05) is 7.05 Å². The molecule has 0 fully saturated rings. The van der Waals surface area contributed by atoms with Crippen LogP contribution in [0.25, 0.3) is 0 Å². The lowest BCUT2D eigenvalue weighted by Crippen LogP contribution is -2.42. The molecule has 2 aromatic carbocycles. The quantitative estimate of drug-likeness (QED) is 0.908. The smallest absolute Gasteiger partial charge is 0.126 e. The van der Waals surface area contributed by atoms with Crippen molar-refractivity contribution in [1.29, 1.82) is 0 Å². The first-order valence-corrected chi connectivity index (χ1v) is 7.82. The largest absolute Gasteiger partial charge is 0.488 e. The molecule has 1 aliphatic rings. The predicted molar refractivity (Wildman–Crippen MR) is 85.2 cm³/mol. The average molecular weight is 350 g/mol. The van der Waals surface area contributed by atoms with Crippen molar-refractivity contribution in [3.8, 4) is 5.75 Å². The summed E-state index contributed by atoms with van der Waals surface area (Å²) in [5, 5.41) is 3.27. The Hall–Kier alpha value is -1.39. The highest BCUT2D eigenvalue weighted by Gasteiger charge is 2.29. The molecule has 0 spiro atoms. The summed E-state index contributed by atoms with van der Waals surface area (Å²) in [5.41, 5.74) is 1.92. The number of benzene rings is 2. The van der Waals surface area contributed by atoms with Crippen LogP contribution in [0.2, 0.25) is 0 Å². The molecule has 3 rings (SSSR count). The highest BCUT2D eigenvalue weighted by molar-refractivity contribution is 9.10. The Balaban J connectivity index is 1.76. The lowest BCUT2D eigenvalue weighted by atomic mass is 9.98. The summed E-state index contributed by atoms with van der Waals surface area (Å²) in [4.78, 5) is 0. The van der Waals surface area contributed by atoms with Gasteiger partial charge >= 0.3 is 0 Å². The van der Waals surface area contributed by atoms with Crippen molar-refractivity contribution in [2.24, 2.45) is 0 Å². The molecule has 1 N–H and O–H groups in total. The van der Waals surface area contributed by atoms with E-state index in [4.69, 9.17) is 4.74 Å². The van der Waals surface area contributed by atoms with E-state index >= 15 is 0 Å². The molecule has 2 atom stereocenters. The van der Waals surface area contributed by atoms with Crippen molar-refractivity contribution in [1.82, 2.24) is 5.32 Å². The lowest BCUT2D eigenvalue weighted by molar-refractivity contribution is 0.181. The molecule has 0 aromatic heterocycles. The van der Waals surface area contributed by atoms with E-state index in [1.165, 1.54) is 11.6 Å². The number of rotatable bonds is 4. The van der Waals surface area contributed by atoms with E-state index in [0.717, 1.165) is 16.6 Å². The Bertz CT molecular complexity index is 621. The van der Waals surface area contributed by atoms with Gasteiger partial charge in [0.05, 0.1) is 0 Å². The molecule has 0 radical (unpaired) electrons. The van der Waals surface area contributed by atoms with E-state index in [-0.39, 0.29) is 18.0 Å². The van der Waals surface area contributed by atoms with Crippen LogP contribution in [0, 0.1) is 5.82 Å². The summed E-state index contributed by atoms with van der Waals surface area (Å²) in [7, 11) is 1.90. The normalized spacial score (nSPS) is 18.1. The molecule has 21 heavy (non-hydrogen) atoms. The minimum Gasteiger partial charge on any atom is -0.488 e. The average Bonchev–Trinajstić information content (AvgIpc) is 2.91. The number of nitrogens with one attached hydrogen (secondary N) is 1. The number of para-hydroxylation sites is 1. The number of hydrogen-bond acceptors (Lipinski definition) is 2. The monoisotopic (exact) mass is 349 g/mol. The number of fused-ring (bicyclic) bond motifs is 1. The Morgan fingerprint density at radius 3 is 2.90 bits per heavy atom. The van der Waals surface area contributed by atoms with Crippen LogP contribution < -0.4 is 10.1 Å². The van der Waals surface area contributed by atoms with Gasteiger partial charge in [0, 0.05) is 16.9 Å². The second-order valence-corrected chi connectivity index (χ2v) is 6.22.